The van der Waals surface area contributed by atoms with Crippen molar-refractivity contribution in [1.82, 2.24) is 0 Å². The first-order valence-corrected chi connectivity index (χ1v) is 26.0. The second-order valence-electron chi connectivity index (χ2n) is 17.2. The molecule has 0 fully saturated rings. The van der Waals surface area contributed by atoms with E-state index in [9.17, 15) is 14.4 Å². The van der Waals surface area contributed by atoms with E-state index in [2.05, 4.69) is 57.2 Å². The molecule has 0 aromatic heterocycles. The fourth-order valence-corrected chi connectivity index (χ4v) is 7.15. The molecule has 0 aliphatic heterocycles. The molecule has 0 aliphatic rings. The van der Waals surface area contributed by atoms with E-state index in [4.69, 9.17) is 14.2 Å². The lowest BCUT2D eigenvalue weighted by atomic mass is 10.0. The van der Waals surface area contributed by atoms with Crippen molar-refractivity contribution >= 4 is 17.9 Å². The largest absolute Gasteiger partial charge is 0.462 e. The van der Waals surface area contributed by atoms with Crippen LogP contribution in [0.1, 0.15) is 245 Å². The van der Waals surface area contributed by atoms with Crippen molar-refractivity contribution < 1.29 is 28.6 Å². The van der Waals surface area contributed by atoms with Crippen molar-refractivity contribution in [3.63, 3.8) is 0 Å². The summed E-state index contributed by atoms with van der Waals surface area (Å²) >= 11 is 0. The highest BCUT2D eigenvalue weighted by Gasteiger charge is 2.19. The normalized spacial score (nSPS) is 12.6. The van der Waals surface area contributed by atoms with Gasteiger partial charge in [0.05, 0.1) is 0 Å². The maximum absolute atomic E-state index is 12.8. The summed E-state index contributed by atoms with van der Waals surface area (Å²) in [4.78, 5) is 37.9. The average molecular weight is 865 g/mol. The summed E-state index contributed by atoms with van der Waals surface area (Å²) in [5.41, 5.74) is 0. The van der Waals surface area contributed by atoms with Crippen LogP contribution in [0.25, 0.3) is 0 Å². The molecule has 0 aliphatic carbocycles. The maximum atomic E-state index is 12.8. The van der Waals surface area contributed by atoms with Crippen molar-refractivity contribution in [3.8, 4) is 0 Å². The molecule has 0 rings (SSSR count). The highest BCUT2D eigenvalue weighted by molar-refractivity contribution is 5.71. The Morgan fingerprint density at radius 1 is 0.339 bits per heavy atom. The molecular weight excluding hydrogens is 769 g/mol. The van der Waals surface area contributed by atoms with E-state index in [0.717, 1.165) is 70.6 Å². The molecule has 6 nitrogen and oxygen atoms in total. The van der Waals surface area contributed by atoms with Crippen molar-refractivity contribution in [2.75, 3.05) is 13.2 Å². The molecule has 0 spiro atoms. The first-order chi connectivity index (χ1) is 30.5. The van der Waals surface area contributed by atoms with Crippen LogP contribution in [0.3, 0.4) is 0 Å². The third-order valence-corrected chi connectivity index (χ3v) is 11.1. The van der Waals surface area contributed by atoms with Gasteiger partial charge in [-0.1, -0.05) is 235 Å². The van der Waals surface area contributed by atoms with E-state index in [1.165, 1.54) is 135 Å². The van der Waals surface area contributed by atoms with Crippen molar-refractivity contribution in [2.24, 2.45) is 0 Å². The Hall–Kier alpha value is -3.15. The predicted octanol–water partition coefficient (Wildman–Crippen LogP) is 17.0. The van der Waals surface area contributed by atoms with E-state index >= 15 is 0 Å². The monoisotopic (exact) mass is 865 g/mol. The lowest BCUT2D eigenvalue weighted by Crippen LogP contribution is -2.30. The molecule has 0 heterocycles. The molecule has 0 saturated carbocycles. The molecule has 356 valence electrons. The molecular formula is C56H96O6. The van der Waals surface area contributed by atoms with Gasteiger partial charge < -0.3 is 14.2 Å². The van der Waals surface area contributed by atoms with Crippen LogP contribution in [0.5, 0.6) is 0 Å². The molecule has 1 atom stereocenters. The summed E-state index contributed by atoms with van der Waals surface area (Å²) in [5, 5.41) is 0. The highest BCUT2D eigenvalue weighted by atomic mass is 16.6. The van der Waals surface area contributed by atoms with E-state index in [0.29, 0.717) is 12.8 Å². The quantitative estimate of drug-likeness (QED) is 0.0262. The van der Waals surface area contributed by atoms with Gasteiger partial charge in [-0.05, 0) is 64.2 Å². The second kappa shape index (κ2) is 50.5. The number of esters is 3. The van der Waals surface area contributed by atoms with Gasteiger partial charge in [-0.2, -0.15) is 0 Å². The molecule has 0 N–H and O–H groups in total. The minimum absolute atomic E-state index is 0.0909. The van der Waals surface area contributed by atoms with Gasteiger partial charge in [0.1, 0.15) is 13.2 Å². The highest BCUT2D eigenvalue weighted by Crippen LogP contribution is 2.15. The predicted molar refractivity (Wildman–Crippen MR) is 265 cm³/mol. The van der Waals surface area contributed by atoms with Crippen LogP contribution < -0.4 is 0 Å². The van der Waals surface area contributed by atoms with Gasteiger partial charge >= 0.3 is 17.9 Å². The Balaban J connectivity index is 4.38. The number of carbonyl (C=O) groups excluding carboxylic acids is 3. The summed E-state index contributed by atoms with van der Waals surface area (Å²) in [6, 6.07) is 0. The summed E-state index contributed by atoms with van der Waals surface area (Å²) in [6.07, 6.45) is 63.1. The molecule has 0 saturated heterocycles. The number of carbonyl (C=O) groups is 3. The van der Waals surface area contributed by atoms with Gasteiger partial charge in [0.15, 0.2) is 6.10 Å². The molecule has 0 amide bonds. The Morgan fingerprint density at radius 3 is 1.05 bits per heavy atom. The summed E-state index contributed by atoms with van der Waals surface area (Å²) < 4.78 is 16.8. The Morgan fingerprint density at radius 2 is 0.629 bits per heavy atom. The second-order valence-corrected chi connectivity index (χ2v) is 17.2. The number of ether oxygens (including phenoxy) is 3. The third kappa shape index (κ3) is 47.9. The number of allylic oxidation sites excluding steroid dienone is 12. The third-order valence-electron chi connectivity index (χ3n) is 11.1. The van der Waals surface area contributed by atoms with Gasteiger partial charge in [-0.15, -0.1) is 0 Å². The zero-order valence-corrected chi connectivity index (χ0v) is 40.6. The molecule has 62 heavy (non-hydrogen) atoms. The number of hydrogen-bond donors (Lipinski definition) is 0. The fourth-order valence-electron chi connectivity index (χ4n) is 7.15. The van der Waals surface area contributed by atoms with Crippen LogP contribution in [0.4, 0.5) is 0 Å². The first-order valence-electron chi connectivity index (χ1n) is 26.0. The lowest BCUT2D eigenvalue weighted by Gasteiger charge is -2.18. The molecule has 0 bridgehead atoms. The van der Waals surface area contributed by atoms with Crippen molar-refractivity contribution in [2.45, 2.75) is 252 Å². The van der Waals surface area contributed by atoms with Crippen LogP contribution in [-0.4, -0.2) is 37.2 Å². The van der Waals surface area contributed by atoms with Crippen LogP contribution in [-0.2, 0) is 28.6 Å². The minimum Gasteiger partial charge on any atom is -0.462 e. The van der Waals surface area contributed by atoms with Crippen LogP contribution in [0.15, 0.2) is 72.9 Å². The van der Waals surface area contributed by atoms with E-state index < -0.39 is 6.10 Å². The zero-order chi connectivity index (χ0) is 45.1. The zero-order valence-electron chi connectivity index (χ0n) is 40.6. The topological polar surface area (TPSA) is 78.9 Å². The van der Waals surface area contributed by atoms with Crippen LogP contribution in [0, 0.1) is 0 Å². The number of unbranched alkanes of at least 4 members (excludes halogenated alkanes) is 27. The number of rotatable bonds is 46. The Bertz CT molecular complexity index is 1180. The van der Waals surface area contributed by atoms with Crippen molar-refractivity contribution in [3.05, 3.63) is 72.9 Å². The van der Waals surface area contributed by atoms with Crippen molar-refractivity contribution in [1.29, 1.82) is 0 Å². The molecule has 6 heteroatoms. The Kier molecular flexibility index (Phi) is 47.9. The van der Waals surface area contributed by atoms with Gasteiger partial charge in [0.25, 0.3) is 0 Å². The smallest absolute Gasteiger partial charge is 0.306 e. The van der Waals surface area contributed by atoms with E-state index in [1.807, 2.05) is 36.5 Å². The fraction of sp³-hybridized carbons (Fsp3) is 0.732. The molecule has 0 aromatic rings. The molecule has 0 aromatic carbocycles. The van der Waals surface area contributed by atoms with Gasteiger partial charge in [0.2, 0.25) is 0 Å². The maximum Gasteiger partial charge on any atom is 0.306 e. The van der Waals surface area contributed by atoms with Gasteiger partial charge in [-0.25, -0.2) is 0 Å². The minimum atomic E-state index is -0.794. The standard InChI is InChI=1S/C56H96O6/c1-4-7-10-13-16-19-22-25-26-27-28-29-30-32-34-37-40-43-46-49-55(58)61-52-53(51-60-54(57)48-45-42-39-36-33-24-21-18-15-12-9-6-3)62-56(59)50-47-44-41-38-35-31-23-20-17-14-11-8-5-2/h8,11,14,16-17,19-20,22-23,25,31,35,53H,4-7,9-10,12-13,15,18,21,24,26-30,32-34,36-52H2,1-3H3/b11-8-,17-14-,19-16-,23-20-,25-22-,35-31-. The van der Waals surface area contributed by atoms with Crippen LogP contribution >= 0.6 is 0 Å². The molecule has 0 radical (unpaired) electrons. The summed E-state index contributed by atoms with van der Waals surface area (Å²) in [7, 11) is 0. The van der Waals surface area contributed by atoms with Gasteiger partial charge in [0, 0.05) is 19.3 Å². The van der Waals surface area contributed by atoms with Gasteiger partial charge in [-0.3, -0.25) is 14.4 Å². The lowest BCUT2D eigenvalue weighted by molar-refractivity contribution is -0.167. The first kappa shape index (κ1) is 58.9. The SMILES string of the molecule is CC\C=C/C=C\C=C/C=C\CCCCCC(=O)OC(COC(=O)CCCCCCCCCCCC/C=C\C=C/CCCCC)COC(=O)CCCCCCCCCCCCCC. The molecule has 1 unspecified atom stereocenters. The number of hydrogen-bond acceptors (Lipinski definition) is 6. The Labute approximate surface area is 382 Å². The van der Waals surface area contributed by atoms with Crippen LogP contribution in [0.2, 0.25) is 0 Å². The average Bonchev–Trinajstić information content (AvgIpc) is 3.27. The summed E-state index contributed by atoms with van der Waals surface area (Å²) in [5.74, 6) is -0.931. The summed E-state index contributed by atoms with van der Waals surface area (Å²) in [6.45, 7) is 6.43. The van der Waals surface area contributed by atoms with E-state index in [-0.39, 0.29) is 37.5 Å². The van der Waals surface area contributed by atoms with E-state index in [1.54, 1.807) is 0 Å².